The quantitative estimate of drug-likeness (QED) is 0.250. The molecule has 1 aliphatic heterocycles. The standard InChI is InChI=1S/C4H6N2O2/c5-6-3(7)1-2-4(6)8/h1-2,5H2. The van der Waals surface area contributed by atoms with E-state index in [-0.39, 0.29) is 24.7 Å². The van der Waals surface area contributed by atoms with Gasteiger partial charge in [0.2, 0.25) is 11.8 Å². The van der Waals surface area contributed by atoms with E-state index in [4.69, 9.17) is 5.84 Å². The third kappa shape index (κ3) is 0.586. The molecule has 44 valence electrons. The van der Waals surface area contributed by atoms with E-state index in [9.17, 15) is 9.59 Å². The maximum atomic E-state index is 10.4. The summed E-state index contributed by atoms with van der Waals surface area (Å²) in [5, 5.41) is 0.667. The van der Waals surface area contributed by atoms with Crippen LogP contribution in [0.1, 0.15) is 12.8 Å². The molecule has 8 heavy (non-hydrogen) atoms. The second kappa shape index (κ2) is 1.56. The number of hydrogen-bond donors (Lipinski definition) is 1. The first-order valence-corrected chi connectivity index (χ1v) is 2.32. The number of rotatable bonds is 0. The number of nitrogens with zero attached hydrogens (tertiary/aromatic N) is 1. The molecule has 1 heterocycles. The van der Waals surface area contributed by atoms with Crippen LogP contribution >= 0.6 is 0 Å². The Kier molecular flexibility index (Phi) is 1.02. The van der Waals surface area contributed by atoms with Crippen LogP contribution in [0.3, 0.4) is 0 Å². The summed E-state index contributed by atoms with van der Waals surface area (Å²) in [7, 11) is 0. The van der Waals surface area contributed by atoms with Crippen LogP contribution in [-0.4, -0.2) is 16.8 Å². The summed E-state index contributed by atoms with van der Waals surface area (Å²) in [6, 6.07) is 0. The molecule has 0 aromatic carbocycles. The average Bonchev–Trinajstić information content (AvgIpc) is 1.98. The minimum Gasteiger partial charge on any atom is -0.273 e. The summed E-state index contributed by atoms with van der Waals surface area (Å²) in [4.78, 5) is 20.7. The van der Waals surface area contributed by atoms with E-state index in [0.717, 1.165) is 0 Å². The highest BCUT2D eigenvalue weighted by atomic mass is 16.2. The lowest BCUT2D eigenvalue weighted by Crippen LogP contribution is -2.35. The van der Waals surface area contributed by atoms with Gasteiger partial charge in [-0.2, -0.15) is 0 Å². The van der Waals surface area contributed by atoms with Gasteiger partial charge < -0.3 is 0 Å². The van der Waals surface area contributed by atoms with Crippen molar-refractivity contribution in [3.05, 3.63) is 0 Å². The van der Waals surface area contributed by atoms with E-state index in [2.05, 4.69) is 0 Å². The van der Waals surface area contributed by atoms with Crippen LogP contribution in [0.15, 0.2) is 0 Å². The molecule has 0 atom stereocenters. The molecule has 0 aliphatic carbocycles. The van der Waals surface area contributed by atoms with E-state index in [1.54, 1.807) is 0 Å². The minimum atomic E-state index is -0.282. The number of nitrogens with two attached hydrogens (primary N) is 1. The Bertz CT molecular complexity index is 127. The van der Waals surface area contributed by atoms with Crippen molar-refractivity contribution in [1.29, 1.82) is 0 Å². The Hall–Kier alpha value is -0.900. The van der Waals surface area contributed by atoms with E-state index in [1.807, 2.05) is 0 Å². The smallest absolute Gasteiger partial charge is 0.244 e. The van der Waals surface area contributed by atoms with Crippen LogP contribution in [0, 0.1) is 0 Å². The topological polar surface area (TPSA) is 63.4 Å². The molecular weight excluding hydrogens is 108 g/mol. The fourth-order valence-electron chi connectivity index (χ4n) is 0.594. The Morgan fingerprint density at radius 2 is 1.62 bits per heavy atom. The second-order valence-corrected chi connectivity index (χ2v) is 1.66. The molecule has 0 unspecified atom stereocenters. The third-order valence-electron chi connectivity index (χ3n) is 1.09. The number of hydrazine groups is 1. The number of hydrogen-bond acceptors (Lipinski definition) is 3. The summed E-state index contributed by atoms with van der Waals surface area (Å²) >= 11 is 0. The van der Waals surface area contributed by atoms with Gasteiger partial charge in [-0.15, -0.1) is 0 Å². The zero-order valence-corrected chi connectivity index (χ0v) is 4.26. The fourth-order valence-corrected chi connectivity index (χ4v) is 0.594. The third-order valence-corrected chi connectivity index (χ3v) is 1.09. The molecular formula is C4H6N2O2. The predicted octanol–water partition coefficient (Wildman–Crippen LogP) is -0.991. The first-order chi connectivity index (χ1) is 3.72. The highest BCUT2D eigenvalue weighted by molar-refractivity contribution is 6.01. The van der Waals surface area contributed by atoms with Gasteiger partial charge in [0, 0.05) is 12.8 Å². The van der Waals surface area contributed by atoms with Crippen molar-refractivity contribution in [2.24, 2.45) is 5.84 Å². The van der Waals surface area contributed by atoms with E-state index >= 15 is 0 Å². The molecule has 2 amide bonds. The molecule has 2 N–H and O–H groups in total. The van der Waals surface area contributed by atoms with E-state index in [1.165, 1.54) is 0 Å². The Morgan fingerprint density at radius 1 is 1.25 bits per heavy atom. The first-order valence-electron chi connectivity index (χ1n) is 2.32. The van der Waals surface area contributed by atoms with E-state index in [0.29, 0.717) is 5.01 Å². The van der Waals surface area contributed by atoms with Gasteiger partial charge in [0.15, 0.2) is 0 Å². The Labute approximate surface area is 46.2 Å². The SMILES string of the molecule is NN1C(=O)CCC1=O. The van der Waals surface area contributed by atoms with Crippen molar-refractivity contribution in [1.82, 2.24) is 5.01 Å². The molecule has 1 saturated heterocycles. The van der Waals surface area contributed by atoms with Crippen molar-refractivity contribution >= 4 is 11.8 Å². The zero-order valence-electron chi connectivity index (χ0n) is 4.26. The van der Waals surface area contributed by atoms with Crippen LogP contribution in [0.5, 0.6) is 0 Å². The number of imide groups is 1. The highest BCUT2D eigenvalue weighted by Gasteiger charge is 2.25. The largest absolute Gasteiger partial charge is 0.273 e. The maximum absolute atomic E-state index is 10.4. The first kappa shape index (κ1) is 5.24. The molecule has 0 saturated carbocycles. The van der Waals surface area contributed by atoms with Crippen LogP contribution in [0.25, 0.3) is 0 Å². The maximum Gasteiger partial charge on any atom is 0.244 e. The lowest BCUT2D eigenvalue weighted by Gasteiger charge is -2.01. The van der Waals surface area contributed by atoms with Gasteiger partial charge in [0.25, 0.3) is 0 Å². The summed E-state index contributed by atoms with van der Waals surface area (Å²) < 4.78 is 0. The second-order valence-electron chi connectivity index (χ2n) is 1.66. The van der Waals surface area contributed by atoms with Gasteiger partial charge >= 0.3 is 0 Å². The van der Waals surface area contributed by atoms with Crippen LogP contribution < -0.4 is 5.84 Å². The highest BCUT2D eigenvalue weighted by Crippen LogP contribution is 2.05. The number of carbonyl (C=O) groups is 2. The van der Waals surface area contributed by atoms with Crippen molar-refractivity contribution in [2.75, 3.05) is 0 Å². The zero-order chi connectivity index (χ0) is 6.15. The lowest BCUT2D eigenvalue weighted by molar-refractivity contribution is -0.138. The molecule has 1 rings (SSSR count). The van der Waals surface area contributed by atoms with Crippen molar-refractivity contribution in [2.45, 2.75) is 12.8 Å². The monoisotopic (exact) mass is 114 g/mol. The van der Waals surface area contributed by atoms with Crippen LogP contribution in [0.4, 0.5) is 0 Å². The van der Waals surface area contributed by atoms with Crippen LogP contribution in [0.2, 0.25) is 0 Å². The molecule has 1 fully saturated rings. The van der Waals surface area contributed by atoms with Gasteiger partial charge in [-0.1, -0.05) is 0 Å². The molecule has 4 nitrogen and oxygen atoms in total. The van der Waals surface area contributed by atoms with Crippen LogP contribution in [-0.2, 0) is 9.59 Å². The Balaban J connectivity index is 2.70. The molecule has 0 aromatic rings. The predicted molar refractivity (Wildman–Crippen MR) is 25.3 cm³/mol. The molecule has 0 spiro atoms. The summed E-state index contributed by atoms with van der Waals surface area (Å²) in [6.45, 7) is 0. The van der Waals surface area contributed by atoms with Gasteiger partial charge in [0.05, 0.1) is 0 Å². The fraction of sp³-hybridized carbons (Fsp3) is 0.500. The average molecular weight is 114 g/mol. The van der Waals surface area contributed by atoms with Crippen molar-refractivity contribution < 1.29 is 9.59 Å². The van der Waals surface area contributed by atoms with Gasteiger partial charge in [-0.25, -0.2) is 10.9 Å². The van der Waals surface area contributed by atoms with E-state index < -0.39 is 0 Å². The van der Waals surface area contributed by atoms with Gasteiger partial charge in [0.1, 0.15) is 0 Å². The van der Waals surface area contributed by atoms with Crippen molar-refractivity contribution in [3.8, 4) is 0 Å². The molecule has 4 heteroatoms. The molecule has 0 aromatic heterocycles. The molecule has 0 radical (unpaired) electrons. The number of amides is 2. The van der Waals surface area contributed by atoms with Gasteiger partial charge in [-0.3, -0.25) is 9.59 Å². The lowest BCUT2D eigenvalue weighted by atomic mass is 10.4. The number of carbonyl (C=O) groups excluding carboxylic acids is 2. The molecule has 0 bridgehead atoms. The summed E-state index contributed by atoms with van der Waals surface area (Å²) in [5.74, 6) is 4.39. The molecule has 1 aliphatic rings. The normalized spacial score (nSPS) is 20.4. The summed E-state index contributed by atoms with van der Waals surface area (Å²) in [6.07, 6.45) is 0.546. The van der Waals surface area contributed by atoms with Crippen molar-refractivity contribution in [3.63, 3.8) is 0 Å². The minimum absolute atomic E-state index is 0.273. The summed E-state index contributed by atoms with van der Waals surface area (Å²) in [5.41, 5.74) is 0. The Morgan fingerprint density at radius 3 is 1.75 bits per heavy atom. The van der Waals surface area contributed by atoms with Gasteiger partial charge in [-0.05, 0) is 0 Å².